The number of fused-ring (bicyclic) bond motifs is 1. The molecule has 2 N–H and O–H groups in total. The number of aromatic nitrogens is 2. The van der Waals surface area contributed by atoms with E-state index in [1.54, 1.807) is 4.57 Å². The van der Waals surface area contributed by atoms with Crippen LogP contribution in [0.3, 0.4) is 0 Å². The Morgan fingerprint density at radius 2 is 1.64 bits per heavy atom. The summed E-state index contributed by atoms with van der Waals surface area (Å²) in [7, 11) is 0. The molecule has 154 valence electrons. The average Bonchev–Trinajstić information content (AvgIpc) is 2.97. The number of hydrogen-bond donors (Lipinski definition) is 2. The molecule has 0 radical (unpaired) electrons. The van der Waals surface area contributed by atoms with Gasteiger partial charge in [-0.15, -0.1) is 0 Å². The third-order valence-corrected chi connectivity index (χ3v) is 5.70. The lowest BCUT2D eigenvalue weighted by Crippen LogP contribution is -2.36. The van der Waals surface area contributed by atoms with Crippen LogP contribution in [0.1, 0.15) is 53.4 Å². The Labute approximate surface area is 166 Å². The molecule has 3 rings (SSSR count). The summed E-state index contributed by atoms with van der Waals surface area (Å²) in [5, 5.41) is 6.02. The molecule has 0 saturated carbocycles. The number of anilines is 2. The third-order valence-electron chi connectivity index (χ3n) is 5.70. The van der Waals surface area contributed by atoms with Crippen molar-refractivity contribution in [3.63, 3.8) is 0 Å². The molecule has 2 heterocycles. The van der Waals surface area contributed by atoms with Gasteiger partial charge in [-0.2, -0.15) is 0 Å². The van der Waals surface area contributed by atoms with Gasteiger partial charge in [-0.1, -0.05) is 6.92 Å². The maximum atomic E-state index is 12.8. The number of nitrogens with one attached hydrogen (secondary N) is 2. The third kappa shape index (κ3) is 3.88. The molecule has 1 atom stereocenters. The molecule has 28 heavy (non-hydrogen) atoms. The number of urea groups is 1. The van der Waals surface area contributed by atoms with Gasteiger partial charge >= 0.3 is 11.7 Å². The number of aryl methyl sites for hydroxylation is 2. The van der Waals surface area contributed by atoms with Crippen molar-refractivity contribution in [2.45, 2.75) is 72.5 Å². The highest BCUT2D eigenvalue weighted by Gasteiger charge is 2.21. The van der Waals surface area contributed by atoms with Gasteiger partial charge in [-0.3, -0.25) is 9.13 Å². The Morgan fingerprint density at radius 3 is 2.21 bits per heavy atom. The molecule has 7 heteroatoms. The Balaban J connectivity index is 2.10. The Bertz CT molecular complexity index is 892. The van der Waals surface area contributed by atoms with Crippen molar-refractivity contribution < 1.29 is 4.79 Å². The van der Waals surface area contributed by atoms with Crippen molar-refractivity contribution >= 4 is 28.4 Å². The number of amides is 2. The van der Waals surface area contributed by atoms with Crippen LogP contribution in [0, 0.1) is 0 Å². The van der Waals surface area contributed by atoms with E-state index >= 15 is 0 Å². The lowest BCUT2D eigenvalue weighted by Gasteiger charge is -2.31. The number of nitrogens with zero attached hydrogens (tertiary/aromatic N) is 3. The van der Waals surface area contributed by atoms with Gasteiger partial charge in [-0.25, -0.2) is 9.59 Å². The Morgan fingerprint density at radius 1 is 1.04 bits per heavy atom. The standard InChI is InChI=1S/C21H33N5O2/c1-5-15(4)22-20(27)23-16-13-18-19(26(7-3)21(28)25(18)6-2)14-17(16)24-11-9-8-10-12-24/h13-15H,5-12H2,1-4H3,(H2,22,23,27)/t15-/m0/s1. The first-order valence-corrected chi connectivity index (χ1v) is 10.6. The number of hydrogen-bond acceptors (Lipinski definition) is 3. The maximum absolute atomic E-state index is 12.8. The summed E-state index contributed by atoms with van der Waals surface area (Å²) < 4.78 is 3.59. The smallest absolute Gasteiger partial charge is 0.329 e. The van der Waals surface area contributed by atoms with Crippen molar-refractivity contribution in [1.29, 1.82) is 0 Å². The summed E-state index contributed by atoms with van der Waals surface area (Å²) in [5.74, 6) is 0. The summed E-state index contributed by atoms with van der Waals surface area (Å²) in [5.41, 5.74) is 3.58. The molecule has 0 aliphatic carbocycles. The van der Waals surface area contributed by atoms with E-state index in [2.05, 4.69) is 21.6 Å². The number of benzene rings is 1. The summed E-state index contributed by atoms with van der Waals surface area (Å²) in [6, 6.07) is 3.95. The number of piperidine rings is 1. The minimum absolute atomic E-state index is 0.00537. The fraction of sp³-hybridized carbons (Fsp3) is 0.619. The van der Waals surface area contributed by atoms with Crippen molar-refractivity contribution in [3.05, 3.63) is 22.6 Å². The van der Waals surface area contributed by atoms with Crippen molar-refractivity contribution in [2.24, 2.45) is 0 Å². The second kappa shape index (κ2) is 8.71. The predicted molar refractivity (Wildman–Crippen MR) is 116 cm³/mol. The van der Waals surface area contributed by atoms with E-state index < -0.39 is 0 Å². The summed E-state index contributed by atoms with van der Waals surface area (Å²) in [4.78, 5) is 27.6. The van der Waals surface area contributed by atoms with Crippen LogP contribution in [-0.4, -0.2) is 34.3 Å². The van der Waals surface area contributed by atoms with Gasteiger partial charge in [0.05, 0.1) is 22.4 Å². The lowest BCUT2D eigenvalue weighted by atomic mass is 10.1. The van der Waals surface area contributed by atoms with Gasteiger partial charge in [0.15, 0.2) is 0 Å². The number of imidazole rings is 1. The molecule has 2 aromatic rings. The van der Waals surface area contributed by atoms with Crippen LogP contribution in [0.25, 0.3) is 11.0 Å². The summed E-state index contributed by atoms with van der Waals surface area (Å²) in [6.45, 7) is 11.2. The van der Waals surface area contributed by atoms with E-state index in [9.17, 15) is 9.59 Å². The molecule has 1 saturated heterocycles. The largest absolute Gasteiger partial charge is 0.370 e. The molecular weight excluding hydrogens is 354 g/mol. The molecule has 2 amide bonds. The van der Waals surface area contributed by atoms with Crippen molar-refractivity contribution in [2.75, 3.05) is 23.3 Å². The van der Waals surface area contributed by atoms with Crippen molar-refractivity contribution in [1.82, 2.24) is 14.5 Å². The van der Waals surface area contributed by atoms with Gasteiger partial charge < -0.3 is 15.5 Å². The first kappa shape index (κ1) is 20.3. The van der Waals surface area contributed by atoms with Crippen LogP contribution in [0.2, 0.25) is 0 Å². The zero-order valence-electron chi connectivity index (χ0n) is 17.5. The minimum Gasteiger partial charge on any atom is -0.370 e. The summed E-state index contributed by atoms with van der Waals surface area (Å²) >= 11 is 0. The van der Waals surface area contributed by atoms with Gasteiger partial charge in [-0.05, 0) is 58.6 Å². The van der Waals surface area contributed by atoms with Crippen LogP contribution >= 0.6 is 0 Å². The Hall–Kier alpha value is -2.44. The number of rotatable bonds is 6. The highest BCUT2D eigenvalue weighted by atomic mass is 16.2. The summed E-state index contributed by atoms with van der Waals surface area (Å²) in [6.07, 6.45) is 4.41. The zero-order chi connectivity index (χ0) is 20.3. The van der Waals surface area contributed by atoms with Crippen molar-refractivity contribution in [3.8, 4) is 0 Å². The van der Waals surface area contributed by atoms with E-state index in [0.717, 1.165) is 54.8 Å². The van der Waals surface area contributed by atoms with E-state index in [-0.39, 0.29) is 17.8 Å². The van der Waals surface area contributed by atoms with Gasteiger partial charge in [0.25, 0.3) is 0 Å². The zero-order valence-corrected chi connectivity index (χ0v) is 17.5. The van der Waals surface area contributed by atoms with Gasteiger partial charge in [0.1, 0.15) is 0 Å². The minimum atomic E-state index is -0.202. The van der Waals surface area contributed by atoms with Crippen LogP contribution in [-0.2, 0) is 13.1 Å². The molecule has 1 fully saturated rings. The van der Waals surface area contributed by atoms with E-state index in [4.69, 9.17) is 0 Å². The fourth-order valence-corrected chi connectivity index (χ4v) is 3.94. The molecule has 0 spiro atoms. The lowest BCUT2D eigenvalue weighted by molar-refractivity contribution is 0.249. The molecule has 0 bridgehead atoms. The van der Waals surface area contributed by atoms with Crippen LogP contribution in [0.5, 0.6) is 0 Å². The fourth-order valence-electron chi connectivity index (χ4n) is 3.94. The van der Waals surface area contributed by atoms with E-state index in [0.29, 0.717) is 13.1 Å². The van der Waals surface area contributed by atoms with E-state index in [1.165, 1.54) is 6.42 Å². The molecule has 0 unspecified atom stereocenters. The molecule has 1 aromatic carbocycles. The van der Waals surface area contributed by atoms with Gasteiger partial charge in [0, 0.05) is 32.2 Å². The highest BCUT2D eigenvalue weighted by Crippen LogP contribution is 2.33. The second-order valence-corrected chi connectivity index (χ2v) is 7.58. The number of carbonyl (C=O) groups excluding carboxylic acids is 1. The topological polar surface area (TPSA) is 71.3 Å². The quantitative estimate of drug-likeness (QED) is 0.793. The molecule has 1 aliphatic rings. The first-order valence-electron chi connectivity index (χ1n) is 10.6. The second-order valence-electron chi connectivity index (χ2n) is 7.58. The average molecular weight is 388 g/mol. The monoisotopic (exact) mass is 387 g/mol. The van der Waals surface area contributed by atoms with Crippen LogP contribution < -0.4 is 21.2 Å². The molecular formula is C21H33N5O2. The molecule has 1 aromatic heterocycles. The highest BCUT2D eigenvalue weighted by molar-refractivity contribution is 5.98. The molecule has 7 nitrogen and oxygen atoms in total. The Kier molecular flexibility index (Phi) is 6.31. The van der Waals surface area contributed by atoms with Gasteiger partial charge in [0.2, 0.25) is 0 Å². The maximum Gasteiger partial charge on any atom is 0.329 e. The van der Waals surface area contributed by atoms with Crippen LogP contribution in [0.4, 0.5) is 16.2 Å². The first-order chi connectivity index (χ1) is 13.5. The van der Waals surface area contributed by atoms with Crippen LogP contribution in [0.15, 0.2) is 16.9 Å². The number of carbonyl (C=O) groups is 1. The molecule has 1 aliphatic heterocycles. The SMILES string of the molecule is CC[C@H](C)NC(=O)Nc1cc2c(cc1N1CCCCC1)n(CC)c(=O)n2CC. The normalized spacial score (nSPS) is 15.6. The predicted octanol–water partition coefficient (Wildman–Crippen LogP) is 3.75. The van der Waals surface area contributed by atoms with E-state index in [1.807, 2.05) is 38.3 Å².